The third-order valence-electron chi connectivity index (χ3n) is 2.67. The predicted octanol–water partition coefficient (Wildman–Crippen LogP) is 3.49. The highest BCUT2D eigenvalue weighted by molar-refractivity contribution is 7.98. The monoisotopic (exact) mass is 261 g/mol. The maximum atomic E-state index is 12.2. The van der Waals surface area contributed by atoms with Gasteiger partial charge in [-0.25, -0.2) is 0 Å². The zero-order valence-corrected chi connectivity index (χ0v) is 11.2. The molecule has 0 aliphatic rings. The number of benzene rings is 1. The molecule has 0 aliphatic carbocycles. The molecule has 1 amide bonds. The SMILES string of the molecule is CSc1ccccc1C(=O)N[C@H](C)c1ccco1. The molecule has 18 heavy (non-hydrogen) atoms. The van der Waals surface area contributed by atoms with E-state index in [0.29, 0.717) is 5.56 Å². The van der Waals surface area contributed by atoms with Gasteiger partial charge in [0, 0.05) is 4.90 Å². The number of furan rings is 1. The molecule has 1 heterocycles. The van der Waals surface area contributed by atoms with Gasteiger partial charge >= 0.3 is 0 Å². The van der Waals surface area contributed by atoms with Crippen LogP contribution in [-0.4, -0.2) is 12.2 Å². The summed E-state index contributed by atoms with van der Waals surface area (Å²) in [6.07, 6.45) is 3.57. The Bertz CT molecular complexity index is 522. The molecule has 1 aromatic heterocycles. The van der Waals surface area contributed by atoms with Crippen molar-refractivity contribution >= 4 is 17.7 Å². The van der Waals surface area contributed by atoms with E-state index in [-0.39, 0.29) is 11.9 Å². The van der Waals surface area contributed by atoms with Crippen LogP contribution < -0.4 is 5.32 Å². The number of nitrogens with one attached hydrogen (secondary N) is 1. The lowest BCUT2D eigenvalue weighted by atomic mass is 10.2. The molecule has 1 atom stereocenters. The van der Waals surface area contributed by atoms with E-state index < -0.39 is 0 Å². The summed E-state index contributed by atoms with van der Waals surface area (Å²) < 4.78 is 5.27. The van der Waals surface area contributed by atoms with Crippen LogP contribution in [0.15, 0.2) is 52.0 Å². The highest BCUT2D eigenvalue weighted by Gasteiger charge is 2.15. The Kier molecular flexibility index (Phi) is 4.10. The van der Waals surface area contributed by atoms with E-state index in [2.05, 4.69) is 5.32 Å². The first-order valence-electron chi connectivity index (χ1n) is 5.69. The van der Waals surface area contributed by atoms with Crippen molar-refractivity contribution in [1.82, 2.24) is 5.32 Å². The Morgan fingerprint density at radius 2 is 2.06 bits per heavy atom. The molecule has 2 aromatic rings. The molecular formula is C14H15NO2S. The summed E-state index contributed by atoms with van der Waals surface area (Å²) in [5.41, 5.74) is 0.698. The number of rotatable bonds is 4. The molecule has 0 bridgehead atoms. The van der Waals surface area contributed by atoms with Crippen LogP contribution in [0.5, 0.6) is 0 Å². The molecule has 1 aromatic carbocycles. The third-order valence-corrected chi connectivity index (χ3v) is 3.46. The first-order valence-corrected chi connectivity index (χ1v) is 6.92. The van der Waals surface area contributed by atoms with E-state index in [1.165, 1.54) is 0 Å². The molecule has 1 N–H and O–H groups in total. The van der Waals surface area contributed by atoms with Gasteiger partial charge in [-0.3, -0.25) is 4.79 Å². The Balaban J connectivity index is 2.12. The summed E-state index contributed by atoms with van der Waals surface area (Å²) in [7, 11) is 0. The number of hydrogen-bond donors (Lipinski definition) is 1. The van der Waals surface area contributed by atoms with Crippen LogP contribution >= 0.6 is 11.8 Å². The minimum atomic E-state index is -0.137. The summed E-state index contributed by atoms with van der Waals surface area (Å²) in [6.45, 7) is 1.90. The topological polar surface area (TPSA) is 42.2 Å². The molecule has 0 fully saturated rings. The predicted molar refractivity (Wildman–Crippen MR) is 72.8 cm³/mol. The standard InChI is InChI=1S/C14H15NO2S/c1-10(12-7-5-9-17-12)15-14(16)11-6-3-4-8-13(11)18-2/h3-10H,1-2H3,(H,15,16)/t10-/m1/s1. The average molecular weight is 261 g/mol. The van der Waals surface area contributed by atoms with Gasteiger partial charge in [-0.2, -0.15) is 0 Å². The molecule has 0 aliphatic heterocycles. The van der Waals surface area contributed by atoms with Gasteiger partial charge in [0.25, 0.3) is 5.91 Å². The maximum Gasteiger partial charge on any atom is 0.252 e. The number of thioether (sulfide) groups is 1. The number of amides is 1. The molecule has 0 saturated heterocycles. The zero-order valence-electron chi connectivity index (χ0n) is 10.3. The van der Waals surface area contributed by atoms with E-state index in [0.717, 1.165) is 10.7 Å². The molecule has 0 saturated carbocycles. The summed E-state index contributed by atoms with van der Waals surface area (Å²) in [6, 6.07) is 11.1. The third kappa shape index (κ3) is 2.76. The van der Waals surface area contributed by atoms with Gasteiger partial charge in [-0.1, -0.05) is 12.1 Å². The fraction of sp³-hybridized carbons (Fsp3) is 0.214. The number of carbonyl (C=O) groups is 1. The van der Waals surface area contributed by atoms with Crippen molar-refractivity contribution in [3.8, 4) is 0 Å². The van der Waals surface area contributed by atoms with Crippen molar-refractivity contribution in [3.05, 3.63) is 54.0 Å². The van der Waals surface area contributed by atoms with Crippen molar-refractivity contribution in [2.75, 3.05) is 6.26 Å². The summed E-state index contributed by atoms with van der Waals surface area (Å²) in [4.78, 5) is 13.1. The van der Waals surface area contributed by atoms with E-state index in [1.54, 1.807) is 18.0 Å². The van der Waals surface area contributed by atoms with E-state index >= 15 is 0 Å². The quantitative estimate of drug-likeness (QED) is 0.857. The fourth-order valence-electron chi connectivity index (χ4n) is 1.72. The second-order valence-corrected chi connectivity index (χ2v) is 4.76. The van der Waals surface area contributed by atoms with Crippen LogP contribution in [0.4, 0.5) is 0 Å². The Labute approximate surface area is 111 Å². The normalized spacial score (nSPS) is 12.1. The lowest BCUT2D eigenvalue weighted by Gasteiger charge is -2.13. The second-order valence-electron chi connectivity index (χ2n) is 3.91. The molecule has 94 valence electrons. The minimum Gasteiger partial charge on any atom is -0.467 e. The van der Waals surface area contributed by atoms with E-state index in [1.807, 2.05) is 49.6 Å². The molecule has 2 rings (SSSR count). The zero-order chi connectivity index (χ0) is 13.0. The van der Waals surface area contributed by atoms with Gasteiger partial charge in [0.05, 0.1) is 17.9 Å². The fourth-order valence-corrected chi connectivity index (χ4v) is 2.31. The Morgan fingerprint density at radius 3 is 2.72 bits per heavy atom. The van der Waals surface area contributed by atoms with Crippen molar-refractivity contribution in [1.29, 1.82) is 0 Å². The van der Waals surface area contributed by atoms with Gasteiger partial charge < -0.3 is 9.73 Å². The maximum absolute atomic E-state index is 12.2. The van der Waals surface area contributed by atoms with Gasteiger partial charge in [0.1, 0.15) is 5.76 Å². The Morgan fingerprint density at radius 1 is 1.28 bits per heavy atom. The van der Waals surface area contributed by atoms with Crippen LogP contribution in [0.3, 0.4) is 0 Å². The van der Waals surface area contributed by atoms with Crippen LogP contribution in [0.2, 0.25) is 0 Å². The van der Waals surface area contributed by atoms with E-state index in [4.69, 9.17) is 4.42 Å². The van der Waals surface area contributed by atoms with Gasteiger partial charge in [0.15, 0.2) is 0 Å². The van der Waals surface area contributed by atoms with Crippen LogP contribution in [0, 0.1) is 0 Å². The van der Waals surface area contributed by atoms with Gasteiger partial charge in [0.2, 0.25) is 0 Å². The van der Waals surface area contributed by atoms with E-state index in [9.17, 15) is 4.79 Å². The first kappa shape index (κ1) is 12.8. The summed E-state index contributed by atoms with van der Waals surface area (Å²) in [5.74, 6) is 0.675. The molecule has 0 unspecified atom stereocenters. The van der Waals surface area contributed by atoms with Crippen LogP contribution in [-0.2, 0) is 0 Å². The van der Waals surface area contributed by atoms with Gasteiger partial charge in [-0.05, 0) is 37.4 Å². The van der Waals surface area contributed by atoms with Crippen molar-refractivity contribution in [3.63, 3.8) is 0 Å². The lowest BCUT2D eigenvalue weighted by molar-refractivity contribution is 0.0932. The highest BCUT2D eigenvalue weighted by Crippen LogP contribution is 2.21. The van der Waals surface area contributed by atoms with Crippen molar-refractivity contribution in [2.45, 2.75) is 17.9 Å². The highest BCUT2D eigenvalue weighted by atomic mass is 32.2. The molecule has 0 spiro atoms. The number of hydrogen-bond acceptors (Lipinski definition) is 3. The molecule has 0 radical (unpaired) electrons. The largest absolute Gasteiger partial charge is 0.467 e. The summed E-state index contributed by atoms with van der Waals surface area (Å²) in [5, 5.41) is 2.93. The van der Waals surface area contributed by atoms with Crippen molar-refractivity contribution < 1.29 is 9.21 Å². The van der Waals surface area contributed by atoms with Crippen LogP contribution in [0.1, 0.15) is 29.1 Å². The summed E-state index contributed by atoms with van der Waals surface area (Å²) >= 11 is 1.56. The smallest absolute Gasteiger partial charge is 0.252 e. The molecule has 3 nitrogen and oxygen atoms in total. The Hall–Kier alpha value is -1.68. The lowest BCUT2D eigenvalue weighted by Crippen LogP contribution is -2.26. The molecule has 4 heteroatoms. The number of carbonyl (C=O) groups excluding carboxylic acids is 1. The van der Waals surface area contributed by atoms with Crippen molar-refractivity contribution in [2.24, 2.45) is 0 Å². The minimum absolute atomic E-state index is 0.0798. The van der Waals surface area contributed by atoms with Gasteiger partial charge in [-0.15, -0.1) is 11.8 Å². The van der Waals surface area contributed by atoms with Crippen LogP contribution in [0.25, 0.3) is 0 Å². The molecular weight excluding hydrogens is 246 g/mol. The second kappa shape index (κ2) is 5.78. The average Bonchev–Trinajstić information content (AvgIpc) is 2.92. The first-order chi connectivity index (χ1) is 8.72.